The van der Waals surface area contributed by atoms with Gasteiger partial charge in [-0.3, -0.25) is 0 Å². The van der Waals surface area contributed by atoms with E-state index in [4.69, 9.17) is 0 Å². The van der Waals surface area contributed by atoms with Crippen molar-refractivity contribution in [2.75, 3.05) is 0 Å². The van der Waals surface area contributed by atoms with E-state index in [2.05, 4.69) is 0 Å². The van der Waals surface area contributed by atoms with Gasteiger partial charge in [0.25, 0.3) is 0 Å². The lowest BCUT2D eigenvalue weighted by molar-refractivity contribution is -0.0572. The minimum absolute atomic E-state index is 0.308. The summed E-state index contributed by atoms with van der Waals surface area (Å²) in [6, 6.07) is 18.9. The Hall–Kier alpha value is -1.64. The molecule has 0 aliphatic rings. The molecule has 0 amide bonds. The van der Waals surface area contributed by atoms with Crippen LogP contribution in [0.5, 0.6) is 0 Å². The van der Waals surface area contributed by atoms with E-state index in [1.807, 2.05) is 67.6 Å². The van der Waals surface area contributed by atoms with Crippen molar-refractivity contribution in [1.29, 1.82) is 0 Å². The summed E-state index contributed by atoms with van der Waals surface area (Å²) in [5, 5.41) is 21.2. The van der Waals surface area contributed by atoms with Crippen molar-refractivity contribution in [1.82, 2.24) is 0 Å². The van der Waals surface area contributed by atoms with Gasteiger partial charge in [0.15, 0.2) is 0 Å². The van der Waals surface area contributed by atoms with E-state index in [9.17, 15) is 10.2 Å². The molecule has 2 aromatic rings. The Bertz CT molecular complexity index is 505. The Kier molecular flexibility index (Phi) is 4.03. The van der Waals surface area contributed by atoms with E-state index < -0.39 is 11.7 Å². The van der Waals surface area contributed by atoms with Gasteiger partial charge >= 0.3 is 0 Å². The molecule has 0 aliphatic carbocycles. The number of aliphatic hydroxyl groups excluding tert-OH is 1. The van der Waals surface area contributed by atoms with E-state index in [-0.39, 0.29) is 5.92 Å². The first-order valence-corrected chi connectivity index (χ1v) is 6.54. The third kappa shape index (κ3) is 2.86. The van der Waals surface area contributed by atoms with E-state index in [0.29, 0.717) is 0 Å². The van der Waals surface area contributed by atoms with Crippen molar-refractivity contribution in [3.05, 3.63) is 71.8 Å². The molecule has 0 radical (unpaired) electrons. The Morgan fingerprint density at radius 3 is 1.89 bits per heavy atom. The van der Waals surface area contributed by atoms with Gasteiger partial charge in [0.2, 0.25) is 0 Å². The fourth-order valence-corrected chi connectivity index (χ4v) is 2.28. The minimum Gasteiger partial charge on any atom is -0.388 e. The second-order valence-corrected chi connectivity index (χ2v) is 5.16. The fourth-order valence-electron chi connectivity index (χ4n) is 2.28. The summed E-state index contributed by atoms with van der Waals surface area (Å²) in [4.78, 5) is 0. The van der Waals surface area contributed by atoms with E-state index >= 15 is 0 Å². The first-order valence-electron chi connectivity index (χ1n) is 6.54. The number of aliphatic hydroxyl groups is 2. The predicted molar refractivity (Wildman–Crippen MR) is 76.6 cm³/mol. The van der Waals surface area contributed by atoms with Gasteiger partial charge in [-0.2, -0.15) is 0 Å². The third-order valence-corrected chi connectivity index (χ3v) is 3.86. The molecule has 0 aliphatic heterocycles. The van der Waals surface area contributed by atoms with Gasteiger partial charge < -0.3 is 10.2 Å². The molecule has 0 saturated heterocycles. The zero-order valence-electron chi connectivity index (χ0n) is 11.3. The minimum atomic E-state index is -1.07. The molecule has 2 heteroatoms. The highest BCUT2D eigenvalue weighted by Gasteiger charge is 2.35. The highest BCUT2D eigenvalue weighted by atomic mass is 16.3. The molecule has 0 saturated carbocycles. The molecule has 0 aromatic heterocycles. The van der Waals surface area contributed by atoms with Crippen LogP contribution in [0.15, 0.2) is 60.7 Å². The van der Waals surface area contributed by atoms with Crippen LogP contribution in [0.4, 0.5) is 0 Å². The SMILES string of the molecule is C[C@@H]([C@H](O)c1ccccc1)[C@@](C)(O)c1ccccc1. The fraction of sp³-hybridized carbons (Fsp3) is 0.294. The van der Waals surface area contributed by atoms with E-state index in [0.717, 1.165) is 11.1 Å². The average Bonchev–Trinajstić information content (AvgIpc) is 2.47. The molecule has 0 unspecified atom stereocenters. The van der Waals surface area contributed by atoms with Crippen molar-refractivity contribution in [2.45, 2.75) is 25.6 Å². The first-order chi connectivity index (χ1) is 9.03. The van der Waals surface area contributed by atoms with Crippen molar-refractivity contribution in [3.63, 3.8) is 0 Å². The molecular formula is C17H20O2. The van der Waals surface area contributed by atoms with Crippen LogP contribution in [0, 0.1) is 5.92 Å². The van der Waals surface area contributed by atoms with Gasteiger partial charge in [-0.25, -0.2) is 0 Å². The number of benzene rings is 2. The van der Waals surface area contributed by atoms with Crippen LogP contribution in [0.2, 0.25) is 0 Å². The maximum absolute atomic E-state index is 10.7. The molecule has 19 heavy (non-hydrogen) atoms. The topological polar surface area (TPSA) is 40.5 Å². The van der Waals surface area contributed by atoms with E-state index in [1.54, 1.807) is 6.92 Å². The van der Waals surface area contributed by atoms with Crippen molar-refractivity contribution >= 4 is 0 Å². The van der Waals surface area contributed by atoms with Crippen LogP contribution in [0.1, 0.15) is 31.1 Å². The highest BCUT2D eigenvalue weighted by Crippen LogP contribution is 2.37. The van der Waals surface area contributed by atoms with Crippen LogP contribution in [0.3, 0.4) is 0 Å². The van der Waals surface area contributed by atoms with Crippen LogP contribution < -0.4 is 0 Å². The van der Waals surface area contributed by atoms with Gasteiger partial charge in [-0.15, -0.1) is 0 Å². The number of hydrogen-bond donors (Lipinski definition) is 2. The summed E-state index contributed by atoms with van der Waals surface area (Å²) in [5.41, 5.74) is 0.569. The molecule has 0 bridgehead atoms. The Labute approximate surface area is 114 Å². The molecular weight excluding hydrogens is 236 g/mol. The van der Waals surface area contributed by atoms with Crippen LogP contribution >= 0.6 is 0 Å². The van der Waals surface area contributed by atoms with Gasteiger partial charge in [0.1, 0.15) is 0 Å². The molecule has 2 nitrogen and oxygen atoms in total. The lowest BCUT2D eigenvalue weighted by Gasteiger charge is -2.34. The van der Waals surface area contributed by atoms with Gasteiger partial charge in [-0.05, 0) is 18.1 Å². The predicted octanol–water partition coefficient (Wildman–Crippen LogP) is 3.26. The Morgan fingerprint density at radius 1 is 0.895 bits per heavy atom. The van der Waals surface area contributed by atoms with Gasteiger partial charge in [0.05, 0.1) is 11.7 Å². The van der Waals surface area contributed by atoms with Crippen LogP contribution in [0.25, 0.3) is 0 Å². The smallest absolute Gasteiger partial charge is 0.0921 e. The van der Waals surface area contributed by atoms with Gasteiger partial charge in [0, 0.05) is 5.92 Å². The Morgan fingerprint density at radius 2 is 1.37 bits per heavy atom. The summed E-state index contributed by atoms with van der Waals surface area (Å²) >= 11 is 0. The quantitative estimate of drug-likeness (QED) is 0.881. The zero-order chi connectivity index (χ0) is 13.9. The largest absolute Gasteiger partial charge is 0.388 e. The average molecular weight is 256 g/mol. The summed E-state index contributed by atoms with van der Waals surface area (Å²) in [6.07, 6.45) is -0.698. The van der Waals surface area contributed by atoms with Crippen LogP contribution in [-0.2, 0) is 5.60 Å². The lowest BCUT2D eigenvalue weighted by Crippen LogP contribution is -2.34. The third-order valence-electron chi connectivity index (χ3n) is 3.86. The van der Waals surface area contributed by atoms with Gasteiger partial charge in [-0.1, -0.05) is 67.6 Å². The molecule has 3 atom stereocenters. The zero-order valence-corrected chi connectivity index (χ0v) is 11.3. The summed E-state index contributed by atoms with van der Waals surface area (Å²) in [6.45, 7) is 3.61. The molecule has 0 spiro atoms. The van der Waals surface area contributed by atoms with Crippen molar-refractivity contribution in [3.8, 4) is 0 Å². The van der Waals surface area contributed by atoms with Crippen molar-refractivity contribution < 1.29 is 10.2 Å². The normalized spacial score (nSPS) is 17.5. The second kappa shape index (κ2) is 5.55. The molecule has 2 N–H and O–H groups in total. The molecule has 2 aromatic carbocycles. The molecule has 100 valence electrons. The first kappa shape index (κ1) is 13.8. The monoisotopic (exact) mass is 256 g/mol. The molecule has 2 rings (SSSR count). The maximum atomic E-state index is 10.7. The van der Waals surface area contributed by atoms with Crippen LogP contribution in [-0.4, -0.2) is 10.2 Å². The standard InChI is InChI=1S/C17H20O2/c1-13(16(18)14-9-5-3-6-10-14)17(2,19)15-11-7-4-8-12-15/h3-13,16,18-19H,1-2H3/t13-,16-,17+/m0/s1. The number of hydrogen-bond acceptors (Lipinski definition) is 2. The molecule has 0 heterocycles. The van der Waals surface area contributed by atoms with E-state index in [1.165, 1.54) is 0 Å². The number of rotatable bonds is 4. The highest BCUT2D eigenvalue weighted by molar-refractivity contribution is 5.25. The Balaban J connectivity index is 2.26. The second-order valence-electron chi connectivity index (χ2n) is 5.16. The lowest BCUT2D eigenvalue weighted by atomic mass is 9.79. The molecule has 0 fully saturated rings. The summed E-state index contributed by atoms with van der Waals surface area (Å²) < 4.78 is 0. The summed E-state index contributed by atoms with van der Waals surface area (Å²) in [7, 11) is 0. The maximum Gasteiger partial charge on any atom is 0.0921 e. The van der Waals surface area contributed by atoms with Crippen molar-refractivity contribution in [2.24, 2.45) is 5.92 Å². The summed E-state index contributed by atoms with van der Waals surface area (Å²) in [5.74, 6) is -0.308.